The summed E-state index contributed by atoms with van der Waals surface area (Å²) >= 11 is 0. The van der Waals surface area contributed by atoms with Gasteiger partial charge < -0.3 is 14.2 Å². The zero-order valence-corrected chi connectivity index (χ0v) is 13.2. The number of carbonyl (C=O) groups is 1. The van der Waals surface area contributed by atoms with Crippen LogP contribution in [0, 0.1) is 0 Å². The van der Waals surface area contributed by atoms with E-state index in [2.05, 4.69) is 0 Å². The first-order chi connectivity index (χ1) is 11.3. The highest BCUT2D eigenvalue weighted by Gasteiger charge is 2.27. The van der Waals surface area contributed by atoms with Crippen molar-refractivity contribution >= 4 is 5.97 Å². The molecule has 3 rings (SSSR count). The Bertz CT molecular complexity index is 666. The van der Waals surface area contributed by atoms with Gasteiger partial charge in [-0.15, -0.1) is 0 Å². The van der Waals surface area contributed by atoms with Crippen LogP contribution in [0.5, 0.6) is 11.5 Å². The predicted molar refractivity (Wildman–Crippen MR) is 86.6 cm³/mol. The van der Waals surface area contributed by atoms with E-state index in [4.69, 9.17) is 14.2 Å². The predicted octanol–water partition coefficient (Wildman–Crippen LogP) is 3.52. The monoisotopic (exact) mass is 312 g/mol. The van der Waals surface area contributed by atoms with Crippen molar-refractivity contribution in [3.63, 3.8) is 0 Å². The van der Waals surface area contributed by atoms with Gasteiger partial charge in [-0.3, -0.25) is 0 Å². The van der Waals surface area contributed by atoms with Gasteiger partial charge in [-0.25, -0.2) is 4.79 Å². The van der Waals surface area contributed by atoms with Crippen molar-refractivity contribution in [3.05, 3.63) is 59.7 Å². The lowest BCUT2D eigenvalue weighted by Gasteiger charge is -2.25. The SMILES string of the molecule is CCOC(=O)C1CCc2cc(OCc3ccccc3)ccc2O1. The van der Waals surface area contributed by atoms with E-state index in [1.165, 1.54) is 0 Å². The summed E-state index contributed by atoms with van der Waals surface area (Å²) in [4.78, 5) is 11.8. The highest BCUT2D eigenvalue weighted by Crippen LogP contribution is 2.31. The van der Waals surface area contributed by atoms with Gasteiger partial charge >= 0.3 is 5.97 Å². The molecule has 0 saturated carbocycles. The third-order valence-electron chi connectivity index (χ3n) is 3.77. The summed E-state index contributed by atoms with van der Waals surface area (Å²) in [6.45, 7) is 2.70. The van der Waals surface area contributed by atoms with Crippen molar-refractivity contribution in [1.82, 2.24) is 0 Å². The van der Waals surface area contributed by atoms with Gasteiger partial charge in [0.25, 0.3) is 0 Å². The van der Waals surface area contributed by atoms with Crippen LogP contribution in [0.3, 0.4) is 0 Å². The lowest BCUT2D eigenvalue weighted by Crippen LogP contribution is -2.32. The minimum Gasteiger partial charge on any atom is -0.489 e. The molecule has 23 heavy (non-hydrogen) atoms. The lowest BCUT2D eigenvalue weighted by atomic mass is 10.0. The Morgan fingerprint density at radius 2 is 2.04 bits per heavy atom. The quantitative estimate of drug-likeness (QED) is 0.792. The van der Waals surface area contributed by atoms with Crippen LogP contribution in [0.15, 0.2) is 48.5 Å². The Morgan fingerprint density at radius 3 is 2.83 bits per heavy atom. The van der Waals surface area contributed by atoms with E-state index < -0.39 is 6.10 Å². The fraction of sp³-hybridized carbons (Fsp3) is 0.316. The minimum absolute atomic E-state index is 0.289. The van der Waals surface area contributed by atoms with Crippen LogP contribution in [0.2, 0.25) is 0 Å². The van der Waals surface area contributed by atoms with Gasteiger partial charge in [-0.1, -0.05) is 30.3 Å². The van der Waals surface area contributed by atoms with Crippen LogP contribution < -0.4 is 9.47 Å². The van der Waals surface area contributed by atoms with E-state index in [9.17, 15) is 4.79 Å². The van der Waals surface area contributed by atoms with Crippen LogP contribution >= 0.6 is 0 Å². The molecule has 0 bridgehead atoms. The largest absolute Gasteiger partial charge is 0.489 e. The summed E-state index contributed by atoms with van der Waals surface area (Å²) in [5.41, 5.74) is 2.19. The Balaban J connectivity index is 1.63. The van der Waals surface area contributed by atoms with Crippen LogP contribution in [0.4, 0.5) is 0 Å². The summed E-state index contributed by atoms with van der Waals surface area (Å²) < 4.78 is 16.6. The number of esters is 1. The third-order valence-corrected chi connectivity index (χ3v) is 3.77. The fourth-order valence-electron chi connectivity index (χ4n) is 2.60. The molecule has 1 aliphatic rings. The number of aryl methyl sites for hydroxylation is 1. The van der Waals surface area contributed by atoms with E-state index >= 15 is 0 Å². The molecular weight excluding hydrogens is 292 g/mol. The van der Waals surface area contributed by atoms with E-state index in [1.807, 2.05) is 48.5 Å². The molecule has 4 heteroatoms. The molecule has 4 nitrogen and oxygen atoms in total. The number of carbonyl (C=O) groups excluding carboxylic acids is 1. The summed E-state index contributed by atoms with van der Waals surface area (Å²) in [5, 5.41) is 0. The van der Waals surface area contributed by atoms with Gasteiger partial charge in [-0.2, -0.15) is 0 Å². The second kappa shape index (κ2) is 7.18. The average Bonchev–Trinajstić information content (AvgIpc) is 2.60. The number of fused-ring (bicyclic) bond motifs is 1. The molecule has 2 aromatic carbocycles. The highest BCUT2D eigenvalue weighted by molar-refractivity contribution is 5.75. The number of ether oxygens (including phenoxy) is 3. The molecule has 120 valence electrons. The summed E-state index contributed by atoms with van der Waals surface area (Å²) in [6, 6.07) is 15.8. The van der Waals surface area contributed by atoms with Gasteiger partial charge in [0.2, 0.25) is 0 Å². The molecule has 0 saturated heterocycles. The zero-order chi connectivity index (χ0) is 16.1. The summed E-state index contributed by atoms with van der Waals surface area (Å²) in [6.07, 6.45) is 0.911. The molecular formula is C19H20O4. The van der Waals surface area contributed by atoms with Crippen molar-refractivity contribution in [1.29, 1.82) is 0 Å². The molecule has 0 radical (unpaired) electrons. The summed E-state index contributed by atoms with van der Waals surface area (Å²) in [7, 11) is 0. The van der Waals surface area contributed by atoms with E-state index in [-0.39, 0.29) is 5.97 Å². The Morgan fingerprint density at radius 1 is 1.22 bits per heavy atom. The molecule has 1 unspecified atom stereocenters. The van der Waals surface area contributed by atoms with Gasteiger partial charge in [0.1, 0.15) is 18.1 Å². The first kappa shape index (κ1) is 15.4. The van der Waals surface area contributed by atoms with Crippen LogP contribution in [-0.2, 0) is 22.6 Å². The van der Waals surface area contributed by atoms with Crippen LogP contribution in [0.25, 0.3) is 0 Å². The van der Waals surface area contributed by atoms with Crippen LogP contribution in [0.1, 0.15) is 24.5 Å². The average molecular weight is 312 g/mol. The van der Waals surface area contributed by atoms with Crippen molar-refractivity contribution in [3.8, 4) is 11.5 Å². The number of rotatable bonds is 5. The molecule has 1 heterocycles. The maximum atomic E-state index is 11.8. The molecule has 0 N–H and O–H groups in total. The lowest BCUT2D eigenvalue weighted by molar-refractivity contribution is -0.152. The minimum atomic E-state index is -0.501. The topological polar surface area (TPSA) is 44.8 Å². The number of benzene rings is 2. The van der Waals surface area contributed by atoms with E-state index in [1.54, 1.807) is 6.92 Å². The molecule has 0 amide bonds. The first-order valence-corrected chi connectivity index (χ1v) is 7.89. The fourth-order valence-corrected chi connectivity index (χ4v) is 2.60. The van der Waals surface area contributed by atoms with Crippen molar-refractivity contribution < 1.29 is 19.0 Å². The van der Waals surface area contributed by atoms with E-state index in [0.717, 1.165) is 29.0 Å². The normalized spacial score (nSPS) is 16.1. The van der Waals surface area contributed by atoms with E-state index in [0.29, 0.717) is 19.6 Å². The molecule has 1 aliphatic heterocycles. The third kappa shape index (κ3) is 3.83. The van der Waals surface area contributed by atoms with Crippen LogP contribution in [-0.4, -0.2) is 18.7 Å². The molecule has 1 atom stereocenters. The maximum Gasteiger partial charge on any atom is 0.347 e. The van der Waals surface area contributed by atoms with Gasteiger partial charge in [-0.05, 0) is 49.1 Å². The smallest absolute Gasteiger partial charge is 0.347 e. The summed E-state index contributed by atoms with van der Waals surface area (Å²) in [5.74, 6) is 1.26. The second-order valence-corrected chi connectivity index (χ2v) is 5.44. The molecule has 0 aromatic heterocycles. The molecule has 0 aliphatic carbocycles. The maximum absolute atomic E-state index is 11.8. The highest BCUT2D eigenvalue weighted by atomic mass is 16.6. The number of hydrogen-bond donors (Lipinski definition) is 0. The van der Waals surface area contributed by atoms with Crippen molar-refractivity contribution in [2.75, 3.05) is 6.61 Å². The van der Waals surface area contributed by atoms with Gasteiger partial charge in [0.15, 0.2) is 6.10 Å². The first-order valence-electron chi connectivity index (χ1n) is 7.89. The van der Waals surface area contributed by atoms with Crippen molar-refractivity contribution in [2.24, 2.45) is 0 Å². The van der Waals surface area contributed by atoms with Gasteiger partial charge in [0.05, 0.1) is 6.61 Å². The molecule has 2 aromatic rings. The Labute approximate surface area is 136 Å². The van der Waals surface area contributed by atoms with Gasteiger partial charge in [0, 0.05) is 0 Å². The second-order valence-electron chi connectivity index (χ2n) is 5.44. The number of hydrogen-bond acceptors (Lipinski definition) is 4. The molecule has 0 spiro atoms. The molecule has 0 fully saturated rings. The van der Waals surface area contributed by atoms with Crippen molar-refractivity contribution in [2.45, 2.75) is 32.5 Å². The zero-order valence-electron chi connectivity index (χ0n) is 13.2. The standard InChI is InChI=1S/C19H20O4/c1-2-21-19(20)18-10-8-15-12-16(9-11-17(15)23-18)22-13-14-6-4-3-5-7-14/h3-7,9,11-12,18H,2,8,10,13H2,1H3. The Hall–Kier alpha value is -2.49. The Kier molecular flexibility index (Phi) is 4.81.